The maximum absolute atomic E-state index is 13.5. The number of methoxy groups -OCH3 is 2. The SMILES string of the molecule is COc1ccc(CN2C[C@H](C(=O)Nc3ccc4c(c3)CCC4)C[C@H](C(=O)NC3CCCC3)C2)cc1OC. The molecule has 0 spiro atoms. The fourth-order valence-corrected chi connectivity index (χ4v) is 6.22. The third-order valence-electron chi connectivity index (χ3n) is 8.19. The van der Waals surface area contributed by atoms with Crippen molar-refractivity contribution < 1.29 is 19.1 Å². The standard InChI is InChI=1S/C30H39N3O4/c1-36-27-13-10-20(14-28(27)37-2)17-33-18-23(29(34)31-25-8-3-4-9-25)15-24(19-33)30(35)32-26-12-11-21-6-5-7-22(21)16-26/h10-14,16,23-25H,3-9,15,17-19H2,1-2H3,(H,31,34)(H,32,35)/t23-,24+/m0/s1. The van der Waals surface area contributed by atoms with Gasteiger partial charge < -0.3 is 20.1 Å². The molecule has 1 saturated carbocycles. The Balaban J connectivity index is 1.31. The molecule has 0 bridgehead atoms. The lowest BCUT2D eigenvalue weighted by molar-refractivity contribution is -0.130. The molecule has 2 N–H and O–H groups in total. The highest BCUT2D eigenvalue weighted by molar-refractivity contribution is 5.93. The predicted octanol–water partition coefficient (Wildman–Crippen LogP) is 4.33. The first-order chi connectivity index (χ1) is 18.0. The van der Waals surface area contributed by atoms with E-state index in [1.54, 1.807) is 14.2 Å². The number of piperidine rings is 1. The van der Waals surface area contributed by atoms with E-state index in [-0.39, 0.29) is 29.7 Å². The molecule has 5 rings (SSSR count). The van der Waals surface area contributed by atoms with Crippen molar-refractivity contribution in [1.29, 1.82) is 0 Å². The van der Waals surface area contributed by atoms with Gasteiger partial charge in [0.1, 0.15) is 0 Å². The van der Waals surface area contributed by atoms with Gasteiger partial charge in [-0.15, -0.1) is 0 Å². The van der Waals surface area contributed by atoms with Gasteiger partial charge in [0.15, 0.2) is 11.5 Å². The van der Waals surface area contributed by atoms with Gasteiger partial charge in [0, 0.05) is 31.4 Å². The normalized spacial score (nSPS) is 21.9. The Morgan fingerprint density at radius 2 is 1.59 bits per heavy atom. The maximum Gasteiger partial charge on any atom is 0.228 e. The van der Waals surface area contributed by atoms with Gasteiger partial charge in [-0.05, 0) is 79.5 Å². The average molecular weight is 506 g/mol. The second kappa shape index (κ2) is 11.5. The number of likely N-dealkylation sites (tertiary alicyclic amines) is 1. The largest absolute Gasteiger partial charge is 0.493 e. The van der Waals surface area contributed by atoms with Gasteiger partial charge in [-0.1, -0.05) is 25.0 Å². The molecular weight excluding hydrogens is 466 g/mol. The van der Waals surface area contributed by atoms with Gasteiger partial charge in [0.2, 0.25) is 11.8 Å². The summed E-state index contributed by atoms with van der Waals surface area (Å²) in [5.74, 6) is 0.961. The summed E-state index contributed by atoms with van der Waals surface area (Å²) in [6, 6.07) is 12.4. The number of benzene rings is 2. The van der Waals surface area contributed by atoms with Crippen molar-refractivity contribution in [3.8, 4) is 11.5 Å². The van der Waals surface area contributed by atoms with E-state index in [4.69, 9.17) is 9.47 Å². The topological polar surface area (TPSA) is 79.9 Å². The molecule has 2 atom stereocenters. The van der Waals surface area contributed by atoms with Crippen molar-refractivity contribution in [3.63, 3.8) is 0 Å². The number of carbonyl (C=O) groups excluding carboxylic acids is 2. The summed E-state index contributed by atoms with van der Waals surface area (Å²) >= 11 is 0. The number of ether oxygens (including phenoxy) is 2. The number of amides is 2. The molecule has 7 nitrogen and oxygen atoms in total. The van der Waals surface area contributed by atoms with Crippen LogP contribution in [0.25, 0.3) is 0 Å². The molecule has 2 aliphatic carbocycles. The Morgan fingerprint density at radius 1 is 0.865 bits per heavy atom. The summed E-state index contributed by atoms with van der Waals surface area (Å²) < 4.78 is 10.9. The fourth-order valence-electron chi connectivity index (χ4n) is 6.22. The smallest absolute Gasteiger partial charge is 0.228 e. The summed E-state index contributed by atoms with van der Waals surface area (Å²) in [4.78, 5) is 29.0. The number of nitrogens with zero attached hydrogens (tertiary/aromatic N) is 1. The van der Waals surface area contributed by atoms with Crippen molar-refractivity contribution in [3.05, 3.63) is 53.1 Å². The lowest BCUT2D eigenvalue weighted by atomic mass is 9.87. The van der Waals surface area contributed by atoms with Crippen LogP contribution in [0.4, 0.5) is 5.69 Å². The van der Waals surface area contributed by atoms with Crippen LogP contribution in [0.2, 0.25) is 0 Å². The highest BCUT2D eigenvalue weighted by atomic mass is 16.5. The van der Waals surface area contributed by atoms with Gasteiger partial charge >= 0.3 is 0 Å². The Labute approximate surface area is 219 Å². The van der Waals surface area contributed by atoms with E-state index in [0.717, 1.165) is 36.9 Å². The molecular formula is C30H39N3O4. The monoisotopic (exact) mass is 505 g/mol. The summed E-state index contributed by atoms with van der Waals surface area (Å²) in [6.45, 7) is 1.88. The number of rotatable bonds is 8. The maximum atomic E-state index is 13.5. The molecule has 2 aromatic rings. The van der Waals surface area contributed by atoms with Gasteiger partial charge in [0.05, 0.1) is 26.1 Å². The van der Waals surface area contributed by atoms with E-state index >= 15 is 0 Å². The molecule has 3 aliphatic rings. The number of nitrogens with one attached hydrogen (secondary N) is 2. The van der Waals surface area contributed by atoms with Crippen molar-refractivity contribution in [2.24, 2.45) is 11.8 Å². The van der Waals surface area contributed by atoms with Crippen molar-refractivity contribution in [1.82, 2.24) is 10.2 Å². The van der Waals surface area contributed by atoms with E-state index in [2.05, 4.69) is 27.7 Å². The molecule has 0 unspecified atom stereocenters. The van der Waals surface area contributed by atoms with Crippen LogP contribution < -0.4 is 20.1 Å². The summed E-state index contributed by atoms with van der Waals surface area (Å²) in [5.41, 5.74) is 4.65. The van der Waals surface area contributed by atoms with Gasteiger partial charge in [0.25, 0.3) is 0 Å². The molecule has 1 saturated heterocycles. The molecule has 0 radical (unpaired) electrons. The Hall–Kier alpha value is -3.06. The van der Waals surface area contributed by atoms with Crippen LogP contribution in [0.3, 0.4) is 0 Å². The first-order valence-electron chi connectivity index (χ1n) is 13.7. The average Bonchev–Trinajstić information content (AvgIpc) is 3.60. The third-order valence-corrected chi connectivity index (χ3v) is 8.19. The lowest BCUT2D eigenvalue weighted by Crippen LogP contribution is -2.50. The van der Waals surface area contributed by atoms with E-state index in [1.165, 1.54) is 30.4 Å². The van der Waals surface area contributed by atoms with Crippen LogP contribution in [0.5, 0.6) is 11.5 Å². The summed E-state index contributed by atoms with van der Waals surface area (Å²) in [7, 11) is 3.26. The van der Waals surface area contributed by atoms with Crippen LogP contribution in [-0.2, 0) is 29.0 Å². The Kier molecular flexibility index (Phi) is 7.99. The van der Waals surface area contributed by atoms with Crippen LogP contribution in [0, 0.1) is 11.8 Å². The van der Waals surface area contributed by atoms with E-state index in [0.29, 0.717) is 37.6 Å². The second-order valence-electron chi connectivity index (χ2n) is 10.8. The van der Waals surface area contributed by atoms with E-state index in [9.17, 15) is 9.59 Å². The van der Waals surface area contributed by atoms with Crippen LogP contribution in [-0.4, -0.2) is 50.1 Å². The second-order valence-corrected chi connectivity index (χ2v) is 10.8. The molecule has 7 heteroatoms. The molecule has 1 aliphatic heterocycles. The number of hydrogen-bond donors (Lipinski definition) is 2. The van der Waals surface area contributed by atoms with Crippen LogP contribution in [0.1, 0.15) is 55.2 Å². The molecule has 1 heterocycles. The van der Waals surface area contributed by atoms with Crippen molar-refractivity contribution in [2.45, 2.75) is 64.0 Å². The van der Waals surface area contributed by atoms with Crippen molar-refractivity contribution >= 4 is 17.5 Å². The molecule has 37 heavy (non-hydrogen) atoms. The predicted molar refractivity (Wildman–Crippen MR) is 144 cm³/mol. The van der Waals surface area contributed by atoms with Gasteiger partial charge in [-0.3, -0.25) is 14.5 Å². The lowest BCUT2D eigenvalue weighted by Gasteiger charge is -2.37. The zero-order chi connectivity index (χ0) is 25.8. The molecule has 2 fully saturated rings. The highest BCUT2D eigenvalue weighted by Gasteiger charge is 2.36. The Morgan fingerprint density at radius 3 is 2.35 bits per heavy atom. The minimum absolute atomic E-state index is 0.00590. The highest BCUT2D eigenvalue weighted by Crippen LogP contribution is 2.31. The summed E-state index contributed by atoms with van der Waals surface area (Å²) in [5, 5.41) is 6.43. The fraction of sp³-hybridized carbons (Fsp3) is 0.533. The van der Waals surface area contributed by atoms with Crippen LogP contribution >= 0.6 is 0 Å². The zero-order valence-electron chi connectivity index (χ0n) is 22.1. The van der Waals surface area contributed by atoms with Gasteiger partial charge in [-0.2, -0.15) is 0 Å². The minimum atomic E-state index is -0.263. The third kappa shape index (κ3) is 6.09. The Bertz CT molecular complexity index is 1130. The van der Waals surface area contributed by atoms with Gasteiger partial charge in [-0.25, -0.2) is 0 Å². The molecule has 0 aromatic heterocycles. The molecule has 198 valence electrons. The van der Waals surface area contributed by atoms with E-state index in [1.807, 2.05) is 24.3 Å². The van der Waals surface area contributed by atoms with Crippen molar-refractivity contribution in [2.75, 3.05) is 32.6 Å². The number of aryl methyl sites for hydroxylation is 2. The molecule has 2 aromatic carbocycles. The molecule has 2 amide bonds. The number of carbonyl (C=O) groups is 2. The van der Waals surface area contributed by atoms with Crippen LogP contribution in [0.15, 0.2) is 36.4 Å². The number of hydrogen-bond acceptors (Lipinski definition) is 5. The minimum Gasteiger partial charge on any atom is -0.493 e. The quantitative estimate of drug-likeness (QED) is 0.558. The number of anilines is 1. The first kappa shape index (κ1) is 25.6. The summed E-state index contributed by atoms with van der Waals surface area (Å²) in [6.07, 6.45) is 8.39. The first-order valence-corrected chi connectivity index (χ1v) is 13.7. The van der Waals surface area contributed by atoms with E-state index < -0.39 is 0 Å². The zero-order valence-corrected chi connectivity index (χ0v) is 22.1. The number of fused-ring (bicyclic) bond motifs is 1.